The third kappa shape index (κ3) is 37.6. The van der Waals surface area contributed by atoms with Gasteiger partial charge in [0.05, 0.1) is 12.7 Å². The van der Waals surface area contributed by atoms with Crippen molar-refractivity contribution in [2.24, 2.45) is 0 Å². The van der Waals surface area contributed by atoms with Gasteiger partial charge in [0.25, 0.3) is 5.91 Å². The molecular formula is C41H74FN7O8S2. The molecule has 0 spiro atoms. The number of aryl methyl sites for hydroxylation is 1. The Morgan fingerprint density at radius 1 is 1.00 bits per heavy atom. The predicted octanol–water partition coefficient (Wildman–Crippen LogP) is 5.49. The number of alkyl halides is 1. The van der Waals surface area contributed by atoms with Crippen molar-refractivity contribution in [3.8, 4) is 0 Å². The summed E-state index contributed by atoms with van der Waals surface area (Å²) >= 11 is 7.61. The van der Waals surface area contributed by atoms with Crippen molar-refractivity contribution in [1.29, 1.82) is 0 Å². The van der Waals surface area contributed by atoms with E-state index >= 15 is 0 Å². The number of halogens is 1. The molecule has 2 aromatic rings. The number of nitrogens with one attached hydrogen (secondary N) is 3. The number of amides is 4. The first-order valence-corrected chi connectivity index (χ1v) is 21.2. The summed E-state index contributed by atoms with van der Waals surface area (Å²) < 4.78 is 11.8. The number of carbonyl (C=O) groups excluding carboxylic acids is 6. The van der Waals surface area contributed by atoms with Crippen LogP contribution in [0, 0.1) is 6.92 Å². The number of benzene rings is 1. The van der Waals surface area contributed by atoms with Gasteiger partial charge in [0, 0.05) is 31.5 Å². The van der Waals surface area contributed by atoms with Crippen LogP contribution in [0.5, 0.6) is 0 Å². The molecule has 4 N–H and O–H groups in total. The zero-order valence-electron chi connectivity index (χ0n) is 37.5. The van der Waals surface area contributed by atoms with Crippen molar-refractivity contribution >= 4 is 67.4 Å². The summed E-state index contributed by atoms with van der Waals surface area (Å²) in [5.74, 6) is -3.65. The topological polar surface area (TPSA) is 208 Å². The van der Waals surface area contributed by atoms with Crippen molar-refractivity contribution in [2.75, 3.05) is 46.2 Å². The summed E-state index contributed by atoms with van der Waals surface area (Å²) in [5.41, 5.74) is 1.69. The van der Waals surface area contributed by atoms with Gasteiger partial charge in [-0.15, -0.1) is 0 Å². The Kier molecular flexibility index (Phi) is 56.0. The van der Waals surface area contributed by atoms with E-state index in [4.69, 9.17) is 5.11 Å². The molecule has 4 amide bonds. The normalized spacial score (nSPS) is 12.1. The van der Waals surface area contributed by atoms with Crippen LogP contribution in [0.15, 0.2) is 48.9 Å². The van der Waals surface area contributed by atoms with Gasteiger partial charge >= 0.3 is 5.97 Å². The van der Waals surface area contributed by atoms with Crippen LogP contribution < -0.4 is 16.0 Å². The Hall–Kier alpha value is -4.42. The van der Waals surface area contributed by atoms with E-state index in [1.807, 2.05) is 90.7 Å². The van der Waals surface area contributed by atoms with Crippen LogP contribution in [0.1, 0.15) is 105 Å². The van der Waals surface area contributed by atoms with Crippen molar-refractivity contribution in [2.45, 2.75) is 113 Å². The number of hydrogen-bond donors (Lipinski definition) is 6. The summed E-state index contributed by atoms with van der Waals surface area (Å²) in [6, 6.07) is 10.1. The molecule has 1 saturated heterocycles. The van der Waals surface area contributed by atoms with Gasteiger partial charge in [0.15, 0.2) is 6.29 Å². The van der Waals surface area contributed by atoms with Gasteiger partial charge in [0.1, 0.15) is 30.3 Å². The summed E-state index contributed by atoms with van der Waals surface area (Å²) in [6.45, 7) is 20.4. The molecule has 59 heavy (non-hydrogen) atoms. The van der Waals surface area contributed by atoms with Gasteiger partial charge in [-0.2, -0.15) is 25.3 Å². The Morgan fingerprint density at radius 3 is 1.90 bits per heavy atom. The second-order valence-electron chi connectivity index (χ2n) is 10.4. The summed E-state index contributed by atoms with van der Waals surface area (Å²) in [7, 11) is 1.66. The Bertz CT molecular complexity index is 1320. The number of rotatable bonds is 14. The highest BCUT2D eigenvalue weighted by molar-refractivity contribution is 7.81. The fourth-order valence-corrected chi connectivity index (χ4v) is 3.95. The van der Waals surface area contributed by atoms with E-state index in [9.17, 15) is 38.0 Å². The van der Waals surface area contributed by atoms with Gasteiger partial charge in [-0.05, 0) is 46.4 Å². The predicted molar refractivity (Wildman–Crippen MR) is 243 cm³/mol. The summed E-state index contributed by atoms with van der Waals surface area (Å²) in [4.78, 5) is 86.3. The highest BCUT2D eigenvalue weighted by atomic mass is 32.1. The van der Waals surface area contributed by atoms with Gasteiger partial charge in [0.2, 0.25) is 24.0 Å². The number of aldehydes is 1. The van der Waals surface area contributed by atoms with Crippen LogP contribution in [0.2, 0.25) is 0 Å². The smallest absolute Gasteiger partial charge is 0.322 e. The number of carboxylic acid groups (broad SMARTS) is 1. The Morgan fingerprint density at radius 2 is 1.56 bits per heavy atom. The molecule has 3 rings (SSSR count). The molecule has 1 aromatic carbocycles. The number of aliphatic carboxylic acids is 1. The minimum absolute atomic E-state index is 0.0208. The Labute approximate surface area is 364 Å². The number of nitrogens with zero attached hydrogens (tertiary/aromatic N) is 4. The van der Waals surface area contributed by atoms with Crippen molar-refractivity contribution in [3.63, 3.8) is 0 Å². The lowest BCUT2D eigenvalue weighted by Crippen LogP contribution is -2.52. The molecule has 3 atom stereocenters. The quantitative estimate of drug-likeness (QED) is 0.0606. The van der Waals surface area contributed by atoms with Crippen LogP contribution >= 0.6 is 25.3 Å². The van der Waals surface area contributed by atoms with Gasteiger partial charge in [-0.25, -0.2) is 4.39 Å². The fourth-order valence-electron chi connectivity index (χ4n) is 3.88. The number of Topliss-reactive ketones (excluding diaryl/α,β-unsaturated/α-hetero) is 1. The first-order valence-electron chi connectivity index (χ1n) is 19.8. The number of carboxylic acids is 1. The monoisotopic (exact) mass is 876 g/mol. The van der Waals surface area contributed by atoms with E-state index in [-0.39, 0.29) is 30.8 Å². The molecule has 0 saturated carbocycles. The lowest BCUT2D eigenvalue weighted by molar-refractivity contribution is -0.142. The van der Waals surface area contributed by atoms with E-state index in [0.717, 1.165) is 24.3 Å². The molecule has 1 fully saturated rings. The fraction of sp³-hybridized carbons (Fsp3) is 0.585. The van der Waals surface area contributed by atoms with Crippen LogP contribution in [-0.2, 0) is 28.8 Å². The molecular weight excluding hydrogens is 802 g/mol. The van der Waals surface area contributed by atoms with Crippen LogP contribution in [0.3, 0.4) is 0 Å². The van der Waals surface area contributed by atoms with E-state index in [0.29, 0.717) is 18.4 Å². The zero-order chi connectivity index (χ0) is 47.2. The highest BCUT2D eigenvalue weighted by Crippen LogP contribution is 2.18. The largest absolute Gasteiger partial charge is 0.480 e. The molecule has 1 aliphatic rings. The molecule has 0 bridgehead atoms. The van der Waals surface area contributed by atoms with Gasteiger partial charge in [-0.3, -0.25) is 43.5 Å². The average molecular weight is 876 g/mol. The minimum Gasteiger partial charge on any atom is -0.480 e. The molecule has 15 nitrogen and oxygen atoms in total. The van der Waals surface area contributed by atoms with E-state index < -0.39 is 48.8 Å². The van der Waals surface area contributed by atoms with Crippen molar-refractivity contribution in [1.82, 2.24) is 35.7 Å². The SMILES string of the molecule is CC.CC.CC.CC.CCC(NC(=O)C(S)NC)C(=O)N1CCCC1C.CS.Cc1ccccc1.O=CN(CCF)CC(=O)C(=O)NCC(=O)O.O=Cc1cnccn1. The van der Waals surface area contributed by atoms with Gasteiger partial charge in [-0.1, -0.05) is 98.2 Å². The van der Waals surface area contributed by atoms with Crippen LogP contribution in [-0.4, -0.2) is 131 Å². The average Bonchev–Trinajstić information content (AvgIpc) is 3.73. The molecule has 1 aromatic heterocycles. The third-order valence-electron chi connectivity index (χ3n) is 6.55. The first-order chi connectivity index (χ1) is 28.3. The van der Waals surface area contributed by atoms with E-state index in [1.54, 1.807) is 13.3 Å². The third-order valence-corrected chi connectivity index (χ3v) is 7.04. The molecule has 3 unspecified atom stereocenters. The van der Waals surface area contributed by atoms with Crippen LogP contribution in [0.25, 0.3) is 0 Å². The van der Waals surface area contributed by atoms with E-state index in [1.165, 1.54) is 24.2 Å². The molecule has 18 heteroatoms. The molecule has 340 valence electrons. The number of hydrogen-bond acceptors (Lipinski definition) is 12. The van der Waals surface area contributed by atoms with E-state index in [2.05, 4.69) is 71.8 Å². The molecule has 0 radical (unpaired) electrons. The second kappa shape index (κ2) is 49.7. The highest BCUT2D eigenvalue weighted by Gasteiger charge is 2.31. The number of likely N-dealkylation sites (N-methyl/N-ethyl adjacent to an activating group) is 1. The van der Waals surface area contributed by atoms with Crippen LogP contribution in [0.4, 0.5) is 4.39 Å². The van der Waals surface area contributed by atoms with Crippen molar-refractivity contribution < 1.29 is 43.1 Å². The maximum absolute atomic E-state index is 12.3. The second-order valence-corrected chi connectivity index (χ2v) is 10.9. The standard InChI is InChI=1S/C12H23N3O2S.C8H11FN2O5.C7H8.C5H4N2O.4C2H6.CH4S/c1-4-9(14-10(16)11(18)13-3)12(17)15-7-5-6-8(15)2;9-1-2-11(5-12)4-6(13)8(16)10-3-7(14)15;1-7-5-3-2-4-6-7;8-4-5-3-6-1-2-7-5;5*1-2/h8-9,11,13,18H,4-7H2,1-3H3,(H,14,16);5H,1-4H2,(H,10,16)(H,14,15);2-6H,1H3;1-4H;4*1-2H3;2H,1H3. The number of carbonyl (C=O) groups is 7. The number of ketones is 1. The first kappa shape index (κ1) is 66.4. The summed E-state index contributed by atoms with van der Waals surface area (Å²) in [5, 5.41) is 14.9. The Balaban J connectivity index is -0.000000155. The zero-order valence-corrected chi connectivity index (χ0v) is 39.3. The van der Waals surface area contributed by atoms with Crippen molar-refractivity contribution in [3.05, 3.63) is 60.2 Å². The molecule has 2 heterocycles. The maximum Gasteiger partial charge on any atom is 0.322 e. The number of likely N-dealkylation sites (tertiary alicyclic amines) is 1. The molecule has 0 aliphatic carbocycles. The lowest BCUT2D eigenvalue weighted by atomic mass is 10.1. The number of aromatic nitrogens is 2. The maximum atomic E-state index is 12.3. The van der Waals surface area contributed by atoms with Gasteiger partial charge < -0.3 is 30.9 Å². The number of thiol groups is 2. The molecule has 1 aliphatic heterocycles. The lowest BCUT2D eigenvalue weighted by Gasteiger charge is -2.27. The summed E-state index contributed by atoms with van der Waals surface area (Å²) in [6.07, 6.45) is 9.68. The minimum atomic E-state index is -1.29.